The van der Waals surface area contributed by atoms with Gasteiger partial charge in [-0.3, -0.25) is 0 Å². The predicted octanol–water partition coefficient (Wildman–Crippen LogP) is 4.42. The van der Waals surface area contributed by atoms with Gasteiger partial charge in [0, 0.05) is 28.0 Å². The third-order valence-corrected chi connectivity index (χ3v) is 4.85. The van der Waals surface area contributed by atoms with Crippen molar-refractivity contribution in [3.05, 3.63) is 32.7 Å². The summed E-state index contributed by atoms with van der Waals surface area (Å²) in [6.45, 7) is 11.1. The third-order valence-electron chi connectivity index (χ3n) is 2.94. The number of nitrogens with zero attached hydrogens (tertiary/aromatic N) is 2. The first-order valence-electron chi connectivity index (χ1n) is 6.12. The summed E-state index contributed by atoms with van der Waals surface area (Å²) in [4.78, 5) is 9.20. The molecule has 0 saturated carbocycles. The van der Waals surface area contributed by atoms with Gasteiger partial charge in [-0.05, 0) is 0 Å². The second kappa shape index (κ2) is 4.74. The minimum atomic E-state index is 0.0588. The molecular weight excluding hydrogens is 260 g/mol. The largest absolute Gasteiger partial charge is 0.249 e. The summed E-state index contributed by atoms with van der Waals surface area (Å²) in [5, 5.41) is 5.54. The van der Waals surface area contributed by atoms with Crippen LogP contribution in [-0.4, -0.2) is 9.97 Å². The van der Waals surface area contributed by atoms with Crippen LogP contribution in [0.2, 0.25) is 0 Å². The number of thiazole rings is 2. The minimum absolute atomic E-state index is 0.0588. The molecule has 0 atom stereocenters. The van der Waals surface area contributed by atoms with E-state index in [-0.39, 0.29) is 10.8 Å². The highest BCUT2D eigenvalue weighted by atomic mass is 32.1. The zero-order chi connectivity index (χ0) is 13.4. The van der Waals surface area contributed by atoms with Crippen LogP contribution in [0.25, 0.3) is 0 Å². The molecule has 0 unspecified atom stereocenters. The Kier molecular flexibility index (Phi) is 3.60. The van der Waals surface area contributed by atoms with Gasteiger partial charge in [-0.15, -0.1) is 22.7 Å². The van der Waals surface area contributed by atoms with Gasteiger partial charge in [0.15, 0.2) is 0 Å². The Balaban J connectivity index is 2.17. The van der Waals surface area contributed by atoms with Crippen molar-refractivity contribution in [2.45, 2.75) is 51.9 Å². The van der Waals surface area contributed by atoms with Gasteiger partial charge >= 0.3 is 0 Å². The SMILES string of the molecule is CC(C)(C)c1nc(CC(C)(C)c2cscn2)cs1. The van der Waals surface area contributed by atoms with Gasteiger partial charge in [-0.1, -0.05) is 34.6 Å². The molecule has 98 valence electrons. The van der Waals surface area contributed by atoms with Gasteiger partial charge in [0.05, 0.1) is 21.9 Å². The van der Waals surface area contributed by atoms with Crippen molar-refractivity contribution in [3.63, 3.8) is 0 Å². The van der Waals surface area contributed by atoms with Gasteiger partial charge in [-0.25, -0.2) is 9.97 Å². The molecule has 0 fully saturated rings. The normalized spacial score (nSPS) is 12.9. The van der Waals surface area contributed by atoms with E-state index in [9.17, 15) is 0 Å². The number of hydrogen-bond acceptors (Lipinski definition) is 4. The molecule has 18 heavy (non-hydrogen) atoms. The van der Waals surface area contributed by atoms with Crippen LogP contribution in [0, 0.1) is 0 Å². The predicted molar refractivity (Wildman–Crippen MR) is 79.7 cm³/mol. The maximum atomic E-state index is 4.77. The van der Waals surface area contributed by atoms with Crippen LogP contribution < -0.4 is 0 Å². The minimum Gasteiger partial charge on any atom is -0.249 e. The zero-order valence-corrected chi connectivity index (χ0v) is 13.3. The Hall–Kier alpha value is -0.740. The summed E-state index contributed by atoms with van der Waals surface area (Å²) in [5.74, 6) is 0. The van der Waals surface area contributed by atoms with E-state index in [1.807, 2.05) is 5.51 Å². The third kappa shape index (κ3) is 2.98. The van der Waals surface area contributed by atoms with E-state index in [0.29, 0.717) is 0 Å². The first kappa shape index (κ1) is 13.7. The van der Waals surface area contributed by atoms with Crippen molar-refractivity contribution in [2.75, 3.05) is 0 Å². The van der Waals surface area contributed by atoms with E-state index in [2.05, 4.69) is 50.4 Å². The summed E-state index contributed by atoms with van der Waals surface area (Å²) < 4.78 is 0. The molecule has 2 aromatic rings. The lowest BCUT2D eigenvalue weighted by Crippen LogP contribution is -2.21. The Morgan fingerprint density at radius 3 is 2.33 bits per heavy atom. The molecule has 2 aromatic heterocycles. The summed E-state index contributed by atoms with van der Waals surface area (Å²) in [6.07, 6.45) is 0.948. The lowest BCUT2D eigenvalue weighted by atomic mass is 9.85. The molecule has 0 N–H and O–H groups in total. The zero-order valence-electron chi connectivity index (χ0n) is 11.7. The van der Waals surface area contributed by atoms with E-state index in [4.69, 9.17) is 4.98 Å². The highest BCUT2D eigenvalue weighted by molar-refractivity contribution is 7.09. The Labute approximate surface area is 117 Å². The number of aromatic nitrogens is 2. The lowest BCUT2D eigenvalue weighted by molar-refractivity contribution is 0.499. The average Bonchev–Trinajstić information content (AvgIpc) is 2.83. The summed E-state index contributed by atoms with van der Waals surface area (Å²) >= 11 is 3.42. The van der Waals surface area contributed by atoms with Crippen molar-refractivity contribution < 1.29 is 0 Å². The molecule has 0 aromatic carbocycles. The molecule has 0 bridgehead atoms. The molecule has 0 aliphatic rings. The Morgan fingerprint density at radius 2 is 1.83 bits per heavy atom. The van der Waals surface area contributed by atoms with Crippen LogP contribution in [0.5, 0.6) is 0 Å². The Morgan fingerprint density at radius 1 is 1.11 bits per heavy atom. The Bertz CT molecular complexity index is 504. The van der Waals surface area contributed by atoms with E-state index in [0.717, 1.165) is 12.1 Å². The average molecular weight is 280 g/mol. The van der Waals surface area contributed by atoms with Crippen LogP contribution in [0.15, 0.2) is 16.3 Å². The van der Waals surface area contributed by atoms with Gasteiger partial charge in [0.1, 0.15) is 0 Å². The maximum absolute atomic E-state index is 4.77. The smallest absolute Gasteiger partial charge is 0.0981 e. The molecular formula is C14H20N2S2. The van der Waals surface area contributed by atoms with Gasteiger partial charge < -0.3 is 0 Å². The number of hydrogen-bond donors (Lipinski definition) is 0. The van der Waals surface area contributed by atoms with E-state index in [1.54, 1.807) is 22.7 Å². The highest BCUT2D eigenvalue weighted by Crippen LogP contribution is 2.30. The van der Waals surface area contributed by atoms with E-state index in [1.165, 1.54) is 10.7 Å². The van der Waals surface area contributed by atoms with Gasteiger partial charge in [0.25, 0.3) is 0 Å². The fraction of sp³-hybridized carbons (Fsp3) is 0.571. The van der Waals surface area contributed by atoms with Crippen LogP contribution in [0.3, 0.4) is 0 Å². The second-order valence-electron chi connectivity index (χ2n) is 6.33. The van der Waals surface area contributed by atoms with Crippen molar-refractivity contribution >= 4 is 22.7 Å². The molecule has 0 radical (unpaired) electrons. The number of rotatable bonds is 3. The molecule has 2 heterocycles. The summed E-state index contributed by atoms with van der Waals surface area (Å²) in [5.41, 5.74) is 4.45. The van der Waals surface area contributed by atoms with Gasteiger partial charge in [-0.2, -0.15) is 0 Å². The lowest BCUT2D eigenvalue weighted by Gasteiger charge is -2.21. The van der Waals surface area contributed by atoms with Crippen LogP contribution >= 0.6 is 22.7 Å². The van der Waals surface area contributed by atoms with Crippen molar-refractivity contribution in [3.8, 4) is 0 Å². The van der Waals surface area contributed by atoms with E-state index >= 15 is 0 Å². The monoisotopic (exact) mass is 280 g/mol. The molecule has 0 aliphatic heterocycles. The molecule has 0 saturated heterocycles. The van der Waals surface area contributed by atoms with Crippen molar-refractivity contribution in [1.29, 1.82) is 0 Å². The fourth-order valence-electron chi connectivity index (χ4n) is 1.82. The molecule has 2 rings (SSSR count). The van der Waals surface area contributed by atoms with Crippen LogP contribution in [0.4, 0.5) is 0 Å². The first-order valence-corrected chi connectivity index (χ1v) is 7.95. The highest BCUT2D eigenvalue weighted by Gasteiger charge is 2.26. The molecule has 0 aliphatic carbocycles. The quantitative estimate of drug-likeness (QED) is 0.832. The first-order chi connectivity index (χ1) is 8.29. The molecule has 0 amide bonds. The standard InChI is InChI=1S/C14H20N2S2/c1-13(2,3)12-16-10(7-18-12)6-14(4,5)11-8-17-9-15-11/h7-9H,6H2,1-5H3. The molecule has 4 heteroatoms. The maximum Gasteiger partial charge on any atom is 0.0981 e. The van der Waals surface area contributed by atoms with Crippen LogP contribution in [-0.2, 0) is 17.3 Å². The van der Waals surface area contributed by atoms with E-state index < -0.39 is 0 Å². The molecule has 0 spiro atoms. The molecule has 2 nitrogen and oxygen atoms in total. The van der Waals surface area contributed by atoms with Crippen molar-refractivity contribution in [1.82, 2.24) is 9.97 Å². The summed E-state index contributed by atoms with van der Waals surface area (Å²) in [7, 11) is 0. The topological polar surface area (TPSA) is 25.8 Å². The second-order valence-corrected chi connectivity index (χ2v) is 7.91. The van der Waals surface area contributed by atoms with Gasteiger partial charge in [0.2, 0.25) is 0 Å². The summed E-state index contributed by atoms with van der Waals surface area (Å²) in [6, 6.07) is 0. The van der Waals surface area contributed by atoms with Crippen molar-refractivity contribution in [2.24, 2.45) is 0 Å². The van der Waals surface area contributed by atoms with Crippen LogP contribution in [0.1, 0.15) is 51.0 Å². The fourth-order valence-corrected chi connectivity index (χ4v) is 3.47.